The molecule has 31 heavy (non-hydrogen) atoms. The van der Waals surface area contributed by atoms with Gasteiger partial charge in [-0.2, -0.15) is 0 Å². The average molecular weight is 488 g/mol. The van der Waals surface area contributed by atoms with Crippen molar-refractivity contribution in [2.75, 3.05) is 23.9 Å². The highest BCUT2D eigenvalue weighted by Gasteiger charge is 2.27. The molecule has 3 amide bonds. The van der Waals surface area contributed by atoms with Crippen molar-refractivity contribution in [2.45, 2.75) is 25.3 Å². The number of rotatable bonds is 7. The molecule has 0 bridgehead atoms. The lowest BCUT2D eigenvalue weighted by Gasteiger charge is -2.29. The molecule has 0 aliphatic carbocycles. The molecular formula is C22H22BrN3O5. The van der Waals surface area contributed by atoms with Crippen LogP contribution in [0.5, 0.6) is 0 Å². The van der Waals surface area contributed by atoms with Crippen LogP contribution in [0.3, 0.4) is 0 Å². The van der Waals surface area contributed by atoms with E-state index >= 15 is 0 Å². The topological polar surface area (TPSA) is 105 Å². The first-order valence-electron chi connectivity index (χ1n) is 9.68. The molecule has 2 aromatic rings. The number of esters is 1. The largest absolute Gasteiger partial charge is 0.469 e. The van der Waals surface area contributed by atoms with Crippen LogP contribution in [0.1, 0.15) is 30.9 Å². The molecule has 0 fully saturated rings. The van der Waals surface area contributed by atoms with E-state index in [1.54, 1.807) is 36.4 Å². The highest BCUT2D eigenvalue weighted by Crippen LogP contribution is 2.29. The third kappa shape index (κ3) is 5.91. The second kappa shape index (κ2) is 10.2. The molecule has 0 saturated heterocycles. The number of benzene rings is 2. The van der Waals surface area contributed by atoms with Gasteiger partial charge in [0.2, 0.25) is 17.7 Å². The summed E-state index contributed by atoms with van der Waals surface area (Å²) in [4.78, 5) is 50.4. The van der Waals surface area contributed by atoms with E-state index in [0.29, 0.717) is 11.4 Å². The summed E-state index contributed by atoms with van der Waals surface area (Å²) in [5.41, 5.74) is 1.90. The van der Waals surface area contributed by atoms with Gasteiger partial charge in [0.05, 0.1) is 30.9 Å². The summed E-state index contributed by atoms with van der Waals surface area (Å²) in [5.74, 6) is -1.46. The Labute approximate surface area is 188 Å². The number of nitrogens with one attached hydrogen (secondary N) is 2. The molecule has 0 radical (unpaired) electrons. The number of hydrogen-bond acceptors (Lipinski definition) is 5. The van der Waals surface area contributed by atoms with Crippen molar-refractivity contribution in [3.05, 3.63) is 58.6 Å². The fourth-order valence-corrected chi connectivity index (χ4v) is 3.72. The maximum atomic E-state index is 12.7. The molecular weight excluding hydrogens is 466 g/mol. The van der Waals surface area contributed by atoms with Gasteiger partial charge in [0.15, 0.2) is 0 Å². The van der Waals surface area contributed by atoms with E-state index in [4.69, 9.17) is 4.74 Å². The van der Waals surface area contributed by atoms with Crippen LogP contribution in [-0.2, 0) is 23.9 Å². The van der Waals surface area contributed by atoms with Crippen LogP contribution in [0.4, 0.5) is 11.4 Å². The van der Waals surface area contributed by atoms with E-state index in [1.165, 1.54) is 12.0 Å². The third-order valence-electron chi connectivity index (χ3n) is 4.82. The number of carbonyl (C=O) groups excluding carboxylic acids is 4. The second-order valence-corrected chi connectivity index (χ2v) is 7.92. The zero-order valence-electron chi connectivity index (χ0n) is 16.9. The summed E-state index contributed by atoms with van der Waals surface area (Å²) < 4.78 is 5.55. The molecule has 2 N–H and O–H groups in total. The van der Waals surface area contributed by atoms with E-state index in [9.17, 15) is 19.2 Å². The van der Waals surface area contributed by atoms with Crippen LogP contribution in [0.25, 0.3) is 0 Å². The first-order chi connectivity index (χ1) is 14.9. The summed E-state index contributed by atoms with van der Waals surface area (Å²) in [6.45, 7) is -0.0968. The van der Waals surface area contributed by atoms with Gasteiger partial charge in [0.25, 0.3) is 0 Å². The summed E-state index contributed by atoms with van der Waals surface area (Å²) in [7, 11) is 1.29. The minimum absolute atomic E-state index is 0.0354. The standard InChI is InChI=1S/C22H22BrN3O5/c1-31-22(30)12-17(14-5-4-6-15(23)11-14)25-19(27)9-10-21(29)26-13-20(28)24-16-7-2-3-8-18(16)26/h2-8,11,17H,9-10,12-13H2,1H3,(H,24,28)(H,25,27). The van der Waals surface area contributed by atoms with Crippen molar-refractivity contribution in [1.29, 1.82) is 0 Å². The van der Waals surface area contributed by atoms with Gasteiger partial charge < -0.3 is 20.3 Å². The van der Waals surface area contributed by atoms with Crippen LogP contribution < -0.4 is 15.5 Å². The number of carbonyl (C=O) groups is 4. The zero-order valence-corrected chi connectivity index (χ0v) is 18.5. The lowest BCUT2D eigenvalue weighted by Crippen LogP contribution is -2.42. The number of para-hydroxylation sites is 2. The fraction of sp³-hybridized carbons (Fsp3) is 0.273. The number of amides is 3. The number of ether oxygens (including phenoxy) is 1. The Morgan fingerprint density at radius 3 is 2.68 bits per heavy atom. The third-order valence-corrected chi connectivity index (χ3v) is 5.32. The Morgan fingerprint density at radius 1 is 1.16 bits per heavy atom. The Morgan fingerprint density at radius 2 is 1.94 bits per heavy atom. The maximum Gasteiger partial charge on any atom is 0.307 e. The number of methoxy groups -OCH3 is 1. The highest BCUT2D eigenvalue weighted by atomic mass is 79.9. The lowest BCUT2D eigenvalue weighted by molar-refractivity contribution is -0.141. The fourth-order valence-electron chi connectivity index (χ4n) is 3.30. The van der Waals surface area contributed by atoms with E-state index in [2.05, 4.69) is 26.6 Å². The highest BCUT2D eigenvalue weighted by molar-refractivity contribution is 9.10. The van der Waals surface area contributed by atoms with Crippen molar-refractivity contribution in [3.8, 4) is 0 Å². The smallest absolute Gasteiger partial charge is 0.307 e. The molecule has 162 valence electrons. The molecule has 2 aromatic carbocycles. The zero-order chi connectivity index (χ0) is 22.4. The summed E-state index contributed by atoms with van der Waals surface area (Å²) in [5, 5.41) is 5.52. The Hall–Kier alpha value is -3.20. The van der Waals surface area contributed by atoms with Gasteiger partial charge in [0, 0.05) is 17.3 Å². The molecule has 1 atom stereocenters. The van der Waals surface area contributed by atoms with E-state index in [0.717, 1.165) is 10.0 Å². The lowest BCUT2D eigenvalue weighted by atomic mass is 10.0. The molecule has 1 aliphatic rings. The molecule has 8 nitrogen and oxygen atoms in total. The van der Waals surface area contributed by atoms with Crippen LogP contribution >= 0.6 is 15.9 Å². The van der Waals surface area contributed by atoms with Crippen molar-refractivity contribution >= 4 is 51.0 Å². The van der Waals surface area contributed by atoms with Gasteiger partial charge in [-0.3, -0.25) is 19.2 Å². The normalized spacial score (nSPS) is 13.6. The maximum absolute atomic E-state index is 12.7. The molecule has 1 heterocycles. The van der Waals surface area contributed by atoms with Crippen molar-refractivity contribution in [3.63, 3.8) is 0 Å². The first-order valence-corrected chi connectivity index (χ1v) is 10.5. The molecule has 0 spiro atoms. The van der Waals surface area contributed by atoms with Crippen molar-refractivity contribution in [1.82, 2.24) is 5.32 Å². The van der Waals surface area contributed by atoms with E-state index in [1.807, 2.05) is 12.1 Å². The molecule has 0 saturated carbocycles. The van der Waals surface area contributed by atoms with Crippen molar-refractivity contribution in [2.24, 2.45) is 0 Å². The first kappa shape index (κ1) is 22.5. The minimum atomic E-state index is -0.589. The molecule has 1 aliphatic heterocycles. The van der Waals surface area contributed by atoms with Crippen LogP contribution in [0, 0.1) is 0 Å². The SMILES string of the molecule is COC(=O)CC(NC(=O)CCC(=O)N1CC(=O)Nc2ccccc21)c1cccc(Br)c1. The summed E-state index contributed by atoms with van der Waals surface area (Å²) >= 11 is 3.38. The van der Waals surface area contributed by atoms with Crippen LogP contribution in [-0.4, -0.2) is 37.3 Å². The quantitative estimate of drug-likeness (QED) is 0.584. The number of fused-ring (bicyclic) bond motifs is 1. The molecule has 3 rings (SSSR count). The summed E-state index contributed by atoms with van der Waals surface area (Å²) in [6, 6.07) is 13.7. The molecule has 1 unspecified atom stereocenters. The monoisotopic (exact) mass is 487 g/mol. The predicted molar refractivity (Wildman–Crippen MR) is 118 cm³/mol. The number of halogens is 1. The van der Waals surface area contributed by atoms with Crippen LogP contribution in [0.15, 0.2) is 53.0 Å². The minimum Gasteiger partial charge on any atom is -0.469 e. The number of hydrogen-bond donors (Lipinski definition) is 2. The number of anilines is 2. The van der Waals surface area contributed by atoms with Gasteiger partial charge in [-0.15, -0.1) is 0 Å². The number of nitrogens with zero attached hydrogens (tertiary/aromatic N) is 1. The van der Waals surface area contributed by atoms with Crippen LogP contribution in [0.2, 0.25) is 0 Å². The van der Waals surface area contributed by atoms with Gasteiger partial charge in [-0.1, -0.05) is 40.2 Å². The Kier molecular flexibility index (Phi) is 7.41. The Balaban J connectivity index is 1.64. The van der Waals surface area contributed by atoms with E-state index < -0.39 is 12.0 Å². The van der Waals surface area contributed by atoms with Crippen molar-refractivity contribution < 1.29 is 23.9 Å². The average Bonchev–Trinajstić information content (AvgIpc) is 2.76. The van der Waals surface area contributed by atoms with Gasteiger partial charge >= 0.3 is 5.97 Å². The molecule has 0 aromatic heterocycles. The Bertz CT molecular complexity index is 1010. The second-order valence-electron chi connectivity index (χ2n) is 7.00. The molecule has 9 heteroatoms. The van der Waals surface area contributed by atoms with Gasteiger partial charge in [-0.05, 0) is 29.8 Å². The summed E-state index contributed by atoms with van der Waals surface area (Å²) in [6.07, 6.45) is -0.187. The predicted octanol–water partition coefficient (Wildman–Crippen LogP) is 2.94. The van der Waals surface area contributed by atoms with Gasteiger partial charge in [-0.25, -0.2) is 0 Å². The van der Waals surface area contributed by atoms with Gasteiger partial charge in [0.1, 0.15) is 6.54 Å². The van der Waals surface area contributed by atoms with E-state index in [-0.39, 0.29) is 43.5 Å².